The first-order chi connectivity index (χ1) is 9.88. The highest BCUT2D eigenvalue weighted by Crippen LogP contribution is 2.19. The fourth-order valence-corrected chi connectivity index (χ4v) is 2.32. The Morgan fingerprint density at radius 2 is 1.75 bits per heavy atom. The monoisotopic (exact) mass is 263 g/mol. The van der Waals surface area contributed by atoms with Gasteiger partial charge in [0.1, 0.15) is 0 Å². The fraction of sp³-hybridized carbons (Fsp3) is 0.176. The zero-order chi connectivity index (χ0) is 13.8. The van der Waals surface area contributed by atoms with Gasteiger partial charge in [0, 0.05) is 23.4 Å². The molecule has 0 unspecified atom stereocenters. The molecule has 0 amide bonds. The maximum Gasteiger partial charge on any atom is 0.155 e. The predicted octanol–water partition coefficient (Wildman–Crippen LogP) is 3.37. The van der Waals surface area contributed by atoms with Gasteiger partial charge in [-0.25, -0.2) is 4.99 Å². The summed E-state index contributed by atoms with van der Waals surface area (Å²) in [6.45, 7) is 3.64. The molecule has 0 atom stereocenters. The lowest BCUT2D eigenvalue weighted by molar-refractivity contribution is 1.21. The molecule has 0 saturated carbocycles. The molecule has 2 aromatic rings. The predicted molar refractivity (Wildman–Crippen MR) is 85.0 cm³/mol. The van der Waals surface area contributed by atoms with Crippen molar-refractivity contribution in [1.82, 2.24) is 0 Å². The number of nitrogens with one attached hydrogen (secondary N) is 1. The molecule has 2 aromatic carbocycles. The van der Waals surface area contributed by atoms with Crippen LogP contribution in [0.4, 0.5) is 5.69 Å². The third-order valence-electron chi connectivity index (χ3n) is 3.26. The van der Waals surface area contributed by atoms with Crippen LogP contribution in [0.3, 0.4) is 0 Å². The normalized spacial score (nSPS) is 13.8. The molecule has 3 rings (SSSR count). The minimum atomic E-state index is 0.645. The quantitative estimate of drug-likeness (QED) is 0.902. The summed E-state index contributed by atoms with van der Waals surface area (Å²) in [5.74, 6) is 0.826. The molecule has 1 N–H and O–H groups in total. The Labute approximate surface area is 119 Å². The van der Waals surface area contributed by atoms with Crippen LogP contribution in [0.5, 0.6) is 0 Å². The number of para-hydroxylation sites is 1. The highest BCUT2D eigenvalue weighted by atomic mass is 15.0. The second kappa shape index (κ2) is 5.70. The number of hydrogen-bond acceptors (Lipinski definition) is 3. The van der Waals surface area contributed by atoms with Crippen LogP contribution in [0.25, 0.3) is 0 Å². The number of anilines is 1. The number of hydrogen-bond donors (Lipinski definition) is 1. The second-order valence-electron chi connectivity index (χ2n) is 4.64. The summed E-state index contributed by atoms with van der Waals surface area (Å²) in [5.41, 5.74) is 4.37. The SMILES string of the molecule is CCNc1ccccc1C1=NC(c2ccccc2)=NC1. The molecule has 1 aliphatic rings. The molecule has 0 aromatic heterocycles. The number of rotatable bonds is 4. The molecule has 0 fully saturated rings. The topological polar surface area (TPSA) is 36.8 Å². The van der Waals surface area contributed by atoms with Gasteiger partial charge in [0.2, 0.25) is 0 Å². The molecule has 0 radical (unpaired) electrons. The van der Waals surface area contributed by atoms with Crippen LogP contribution < -0.4 is 5.32 Å². The Bertz CT molecular complexity index is 657. The van der Waals surface area contributed by atoms with Crippen molar-refractivity contribution in [2.45, 2.75) is 6.92 Å². The van der Waals surface area contributed by atoms with Gasteiger partial charge in [0.25, 0.3) is 0 Å². The molecule has 0 spiro atoms. The first-order valence-corrected chi connectivity index (χ1v) is 6.89. The molecule has 1 heterocycles. The first-order valence-electron chi connectivity index (χ1n) is 6.89. The van der Waals surface area contributed by atoms with Gasteiger partial charge in [-0.3, -0.25) is 4.99 Å². The summed E-state index contributed by atoms with van der Waals surface area (Å²) in [7, 11) is 0. The van der Waals surface area contributed by atoms with Crippen LogP contribution in [0.1, 0.15) is 18.1 Å². The molecular weight excluding hydrogens is 246 g/mol. The van der Waals surface area contributed by atoms with Gasteiger partial charge < -0.3 is 5.32 Å². The van der Waals surface area contributed by atoms with Gasteiger partial charge in [-0.15, -0.1) is 0 Å². The fourth-order valence-electron chi connectivity index (χ4n) is 2.32. The molecule has 0 bridgehead atoms. The Morgan fingerprint density at radius 3 is 2.55 bits per heavy atom. The van der Waals surface area contributed by atoms with Gasteiger partial charge in [0.05, 0.1) is 12.3 Å². The molecule has 3 heteroatoms. The first kappa shape index (κ1) is 12.6. The Kier molecular flexibility index (Phi) is 3.59. The summed E-state index contributed by atoms with van der Waals surface area (Å²) < 4.78 is 0. The van der Waals surface area contributed by atoms with Crippen molar-refractivity contribution in [3.63, 3.8) is 0 Å². The van der Waals surface area contributed by atoms with Gasteiger partial charge >= 0.3 is 0 Å². The number of benzene rings is 2. The third-order valence-corrected chi connectivity index (χ3v) is 3.26. The average Bonchev–Trinajstić information content (AvgIpc) is 2.99. The van der Waals surface area contributed by atoms with E-state index < -0.39 is 0 Å². The van der Waals surface area contributed by atoms with Gasteiger partial charge in [-0.2, -0.15) is 0 Å². The zero-order valence-electron chi connectivity index (χ0n) is 11.5. The second-order valence-corrected chi connectivity index (χ2v) is 4.64. The van der Waals surface area contributed by atoms with Crippen LogP contribution >= 0.6 is 0 Å². The largest absolute Gasteiger partial charge is 0.385 e. The lowest BCUT2D eigenvalue weighted by Gasteiger charge is -2.09. The van der Waals surface area contributed by atoms with Crippen molar-refractivity contribution in [3.05, 3.63) is 65.7 Å². The van der Waals surface area contributed by atoms with E-state index in [1.54, 1.807) is 0 Å². The van der Waals surface area contributed by atoms with E-state index in [-0.39, 0.29) is 0 Å². The van der Waals surface area contributed by atoms with Crippen LogP contribution in [0, 0.1) is 0 Å². The van der Waals surface area contributed by atoms with E-state index in [1.807, 2.05) is 42.5 Å². The standard InChI is InChI=1S/C17H17N3/c1-2-18-15-11-7-6-10-14(15)16-12-19-17(20-16)13-8-4-3-5-9-13/h3-11,18H,2,12H2,1H3. The van der Waals surface area contributed by atoms with Crippen LogP contribution in [0.15, 0.2) is 64.6 Å². The summed E-state index contributed by atoms with van der Waals surface area (Å²) >= 11 is 0. The highest BCUT2D eigenvalue weighted by molar-refractivity contribution is 6.18. The van der Waals surface area contributed by atoms with Crippen molar-refractivity contribution < 1.29 is 0 Å². The van der Waals surface area contributed by atoms with E-state index in [2.05, 4.69) is 29.4 Å². The lowest BCUT2D eigenvalue weighted by Crippen LogP contribution is -2.08. The van der Waals surface area contributed by atoms with E-state index in [0.29, 0.717) is 6.54 Å². The smallest absolute Gasteiger partial charge is 0.155 e. The summed E-state index contributed by atoms with van der Waals surface area (Å²) in [4.78, 5) is 9.25. The summed E-state index contributed by atoms with van der Waals surface area (Å²) in [5, 5.41) is 3.38. The van der Waals surface area contributed by atoms with E-state index in [4.69, 9.17) is 4.99 Å². The molecule has 1 aliphatic heterocycles. The third kappa shape index (κ3) is 2.48. The summed E-state index contributed by atoms with van der Waals surface area (Å²) in [6.07, 6.45) is 0. The van der Waals surface area contributed by atoms with E-state index in [0.717, 1.165) is 34.9 Å². The van der Waals surface area contributed by atoms with Crippen LogP contribution in [-0.2, 0) is 0 Å². The minimum Gasteiger partial charge on any atom is -0.385 e. The molecule has 100 valence electrons. The highest BCUT2D eigenvalue weighted by Gasteiger charge is 2.15. The van der Waals surface area contributed by atoms with Gasteiger partial charge in [-0.05, 0) is 13.0 Å². The molecule has 20 heavy (non-hydrogen) atoms. The molecular formula is C17H17N3. The van der Waals surface area contributed by atoms with Gasteiger partial charge in [0.15, 0.2) is 5.84 Å². The van der Waals surface area contributed by atoms with Crippen molar-refractivity contribution in [2.75, 3.05) is 18.4 Å². The van der Waals surface area contributed by atoms with Crippen LogP contribution in [-0.4, -0.2) is 24.6 Å². The van der Waals surface area contributed by atoms with E-state index >= 15 is 0 Å². The molecule has 0 saturated heterocycles. The van der Waals surface area contributed by atoms with Crippen molar-refractivity contribution in [1.29, 1.82) is 0 Å². The van der Waals surface area contributed by atoms with Crippen molar-refractivity contribution in [3.8, 4) is 0 Å². The van der Waals surface area contributed by atoms with E-state index in [9.17, 15) is 0 Å². The number of nitrogens with zero attached hydrogens (tertiary/aromatic N) is 2. The van der Waals surface area contributed by atoms with Gasteiger partial charge in [-0.1, -0.05) is 48.5 Å². The van der Waals surface area contributed by atoms with Crippen LogP contribution in [0.2, 0.25) is 0 Å². The minimum absolute atomic E-state index is 0.645. The zero-order valence-corrected chi connectivity index (χ0v) is 11.5. The Hall–Kier alpha value is -2.42. The Morgan fingerprint density at radius 1 is 1.00 bits per heavy atom. The van der Waals surface area contributed by atoms with E-state index in [1.165, 1.54) is 0 Å². The maximum absolute atomic E-state index is 4.70. The van der Waals surface area contributed by atoms with Crippen molar-refractivity contribution >= 4 is 17.2 Å². The molecule has 3 nitrogen and oxygen atoms in total. The Balaban J connectivity index is 1.91. The summed E-state index contributed by atoms with van der Waals surface area (Å²) in [6, 6.07) is 18.4. The lowest BCUT2D eigenvalue weighted by atomic mass is 10.1. The maximum atomic E-state index is 4.70. The number of aliphatic imine (C=N–C) groups is 2. The average molecular weight is 263 g/mol. The molecule has 0 aliphatic carbocycles. The number of amidine groups is 1. The van der Waals surface area contributed by atoms with Crippen molar-refractivity contribution in [2.24, 2.45) is 9.98 Å².